The van der Waals surface area contributed by atoms with Crippen molar-refractivity contribution >= 4 is 0 Å². The predicted octanol–water partition coefficient (Wildman–Crippen LogP) is 2.63. The molecule has 3 nitrogen and oxygen atoms in total. The minimum absolute atomic E-state index is 0.364. The third kappa shape index (κ3) is 4.87. The Morgan fingerprint density at radius 1 is 1.05 bits per heavy atom. The van der Waals surface area contributed by atoms with Crippen LogP contribution in [0.2, 0.25) is 0 Å². The zero-order valence-electron chi connectivity index (χ0n) is 12.1. The van der Waals surface area contributed by atoms with Crippen LogP contribution < -0.4 is 15.2 Å². The lowest BCUT2D eigenvalue weighted by molar-refractivity contribution is 0.322. The molecular formula is C18H19NO2. The first-order valence-corrected chi connectivity index (χ1v) is 6.86. The van der Waals surface area contributed by atoms with Gasteiger partial charge in [-0.3, -0.25) is 0 Å². The first kappa shape index (κ1) is 15.0. The van der Waals surface area contributed by atoms with Gasteiger partial charge in [-0.25, -0.2) is 0 Å². The minimum atomic E-state index is 0.364. The third-order valence-corrected chi connectivity index (χ3v) is 2.99. The first-order chi connectivity index (χ1) is 10.3. The van der Waals surface area contributed by atoms with Gasteiger partial charge in [-0.15, -0.1) is 0 Å². The van der Waals surface area contributed by atoms with Gasteiger partial charge in [0.15, 0.2) is 0 Å². The molecule has 0 spiro atoms. The van der Waals surface area contributed by atoms with Crippen molar-refractivity contribution < 1.29 is 9.47 Å². The minimum Gasteiger partial charge on any atom is -0.497 e. The lowest BCUT2D eigenvalue weighted by atomic mass is 10.1. The highest BCUT2D eigenvalue weighted by atomic mass is 16.5. The van der Waals surface area contributed by atoms with Crippen LogP contribution in [0.3, 0.4) is 0 Å². The maximum Gasteiger partial charge on any atom is 0.120 e. The summed E-state index contributed by atoms with van der Waals surface area (Å²) in [7, 11) is 1.67. The Hall–Kier alpha value is -2.44. The van der Waals surface area contributed by atoms with Crippen molar-refractivity contribution in [2.75, 3.05) is 20.3 Å². The first-order valence-electron chi connectivity index (χ1n) is 6.86. The summed E-state index contributed by atoms with van der Waals surface area (Å²) >= 11 is 0. The molecule has 0 bridgehead atoms. The largest absolute Gasteiger partial charge is 0.497 e. The van der Waals surface area contributed by atoms with Crippen LogP contribution in [0.25, 0.3) is 0 Å². The number of benzene rings is 2. The van der Waals surface area contributed by atoms with E-state index in [1.54, 1.807) is 7.11 Å². The van der Waals surface area contributed by atoms with Crippen LogP contribution in [0.1, 0.15) is 11.1 Å². The lowest BCUT2D eigenvalue weighted by Crippen LogP contribution is -2.01. The molecule has 0 fully saturated rings. The van der Waals surface area contributed by atoms with Gasteiger partial charge in [0.05, 0.1) is 20.3 Å². The number of nitrogens with two attached hydrogens (primary N) is 1. The predicted molar refractivity (Wildman–Crippen MR) is 84.6 cm³/mol. The molecule has 2 rings (SSSR count). The van der Waals surface area contributed by atoms with Crippen molar-refractivity contribution in [2.24, 2.45) is 5.73 Å². The van der Waals surface area contributed by atoms with Gasteiger partial charge in [-0.1, -0.05) is 30.0 Å². The fourth-order valence-electron chi connectivity index (χ4n) is 1.90. The van der Waals surface area contributed by atoms with Crippen LogP contribution in [0.4, 0.5) is 0 Å². The van der Waals surface area contributed by atoms with Crippen LogP contribution >= 0.6 is 0 Å². The van der Waals surface area contributed by atoms with Crippen LogP contribution in [0.15, 0.2) is 48.5 Å². The second-order valence-corrected chi connectivity index (χ2v) is 4.48. The monoisotopic (exact) mass is 281 g/mol. The molecule has 2 aromatic carbocycles. The smallest absolute Gasteiger partial charge is 0.120 e. The Morgan fingerprint density at radius 2 is 1.86 bits per heavy atom. The molecule has 108 valence electrons. The summed E-state index contributed by atoms with van der Waals surface area (Å²) < 4.78 is 10.9. The molecular weight excluding hydrogens is 262 g/mol. The Bertz CT molecular complexity index is 624. The summed E-state index contributed by atoms with van der Waals surface area (Å²) in [4.78, 5) is 0. The van der Waals surface area contributed by atoms with E-state index < -0.39 is 0 Å². The van der Waals surface area contributed by atoms with Crippen LogP contribution in [0.5, 0.6) is 11.5 Å². The number of hydrogen-bond donors (Lipinski definition) is 1. The van der Waals surface area contributed by atoms with Crippen molar-refractivity contribution in [3.05, 3.63) is 59.7 Å². The van der Waals surface area contributed by atoms with Gasteiger partial charge in [0.25, 0.3) is 0 Å². The Balaban J connectivity index is 1.87. The molecule has 0 unspecified atom stereocenters. The molecule has 2 N–H and O–H groups in total. The molecule has 0 saturated carbocycles. The Morgan fingerprint density at radius 3 is 2.57 bits per heavy atom. The number of methoxy groups -OCH3 is 1. The standard InChI is InChI=1S/C18H19NO2/c1-20-17-9-7-15(8-10-17)11-13-21-18-6-2-4-16(14-18)5-3-12-19/h2,4,6-10,14H,11-13,19H2,1H3. The molecule has 0 aliphatic rings. The van der Waals surface area contributed by atoms with Crippen molar-refractivity contribution in [1.82, 2.24) is 0 Å². The zero-order valence-corrected chi connectivity index (χ0v) is 12.1. The van der Waals surface area contributed by atoms with E-state index in [1.165, 1.54) is 5.56 Å². The average Bonchev–Trinajstić information content (AvgIpc) is 2.54. The fraction of sp³-hybridized carbons (Fsp3) is 0.222. The highest BCUT2D eigenvalue weighted by Gasteiger charge is 1.98. The molecule has 0 aromatic heterocycles. The van der Waals surface area contributed by atoms with Gasteiger partial charge in [0.2, 0.25) is 0 Å². The SMILES string of the molecule is COc1ccc(CCOc2cccc(C#CCN)c2)cc1. The molecule has 21 heavy (non-hydrogen) atoms. The number of rotatable bonds is 5. The van der Waals surface area contributed by atoms with E-state index in [4.69, 9.17) is 15.2 Å². The Kier molecular flexibility index (Phi) is 5.69. The normalized spacial score (nSPS) is 9.62. The van der Waals surface area contributed by atoms with E-state index in [2.05, 4.69) is 11.8 Å². The molecule has 0 radical (unpaired) electrons. The van der Waals surface area contributed by atoms with Gasteiger partial charge in [0.1, 0.15) is 11.5 Å². The molecule has 0 atom stereocenters. The van der Waals surface area contributed by atoms with Crippen molar-refractivity contribution in [3.8, 4) is 23.3 Å². The topological polar surface area (TPSA) is 44.5 Å². The van der Waals surface area contributed by atoms with E-state index in [0.29, 0.717) is 13.2 Å². The molecule has 0 aliphatic carbocycles. The molecule has 0 aliphatic heterocycles. The summed E-state index contributed by atoms with van der Waals surface area (Å²) in [5.74, 6) is 7.52. The Labute approximate surface area is 125 Å². The van der Waals surface area contributed by atoms with Crippen LogP contribution in [0, 0.1) is 11.8 Å². The van der Waals surface area contributed by atoms with E-state index in [9.17, 15) is 0 Å². The summed E-state index contributed by atoms with van der Waals surface area (Å²) in [5.41, 5.74) is 7.50. The van der Waals surface area contributed by atoms with Crippen LogP contribution in [-0.4, -0.2) is 20.3 Å². The maximum atomic E-state index is 5.76. The van der Waals surface area contributed by atoms with Gasteiger partial charge in [-0.05, 0) is 35.9 Å². The highest BCUT2D eigenvalue weighted by Crippen LogP contribution is 2.14. The molecule has 2 aromatic rings. The van der Waals surface area contributed by atoms with Gasteiger partial charge in [-0.2, -0.15) is 0 Å². The highest BCUT2D eigenvalue weighted by molar-refractivity contribution is 5.40. The number of ether oxygens (including phenoxy) is 2. The van der Waals surface area contributed by atoms with Crippen molar-refractivity contribution in [2.45, 2.75) is 6.42 Å². The molecule has 3 heteroatoms. The molecule has 0 amide bonds. The molecule has 0 saturated heterocycles. The summed E-state index contributed by atoms with van der Waals surface area (Å²) in [5, 5.41) is 0. The second-order valence-electron chi connectivity index (χ2n) is 4.48. The summed E-state index contributed by atoms with van der Waals surface area (Å²) in [6.07, 6.45) is 0.850. The lowest BCUT2D eigenvalue weighted by Gasteiger charge is -2.07. The maximum absolute atomic E-state index is 5.76. The zero-order chi connectivity index (χ0) is 14.9. The van der Waals surface area contributed by atoms with Crippen LogP contribution in [-0.2, 0) is 6.42 Å². The van der Waals surface area contributed by atoms with Gasteiger partial charge < -0.3 is 15.2 Å². The van der Waals surface area contributed by atoms with E-state index in [1.807, 2.05) is 48.5 Å². The average molecular weight is 281 g/mol. The van der Waals surface area contributed by atoms with Gasteiger partial charge >= 0.3 is 0 Å². The van der Waals surface area contributed by atoms with Crippen molar-refractivity contribution in [1.29, 1.82) is 0 Å². The third-order valence-electron chi connectivity index (χ3n) is 2.99. The van der Waals surface area contributed by atoms with E-state index >= 15 is 0 Å². The fourth-order valence-corrected chi connectivity index (χ4v) is 1.90. The second kappa shape index (κ2) is 7.98. The van der Waals surface area contributed by atoms with Crippen molar-refractivity contribution in [3.63, 3.8) is 0 Å². The summed E-state index contributed by atoms with van der Waals surface area (Å²) in [6.45, 7) is 0.989. The summed E-state index contributed by atoms with van der Waals surface area (Å²) in [6, 6.07) is 15.7. The quantitative estimate of drug-likeness (QED) is 0.857. The molecule has 0 heterocycles. The number of hydrogen-bond acceptors (Lipinski definition) is 3. The van der Waals surface area contributed by atoms with E-state index in [0.717, 1.165) is 23.5 Å². The van der Waals surface area contributed by atoms with Gasteiger partial charge in [0, 0.05) is 12.0 Å². The van der Waals surface area contributed by atoms with E-state index in [-0.39, 0.29) is 0 Å².